The summed E-state index contributed by atoms with van der Waals surface area (Å²) in [5, 5.41) is 17.8. The Bertz CT molecular complexity index is 548. The van der Waals surface area contributed by atoms with Crippen LogP contribution in [-0.4, -0.2) is 59.2 Å². The third-order valence-corrected chi connectivity index (χ3v) is 6.80. The smallest absolute Gasteiger partial charge is 0.303 e. The molecular weight excluding hydrogens is 358 g/mol. The van der Waals surface area contributed by atoms with Crippen molar-refractivity contribution in [1.82, 2.24) is 4.90 Å². The lowest BCUT2D eigenvalue weighted by molar-refractivity contribution is -0.137. The molecule has 7 nitrogen and oxygen atoms in total. The summed E-state index contributed by atoms with van der Waals surface area (Å²) < 4.78 is 24.5. The number of aliphatic carboxylic acids is 1. The zero-order chi connectivity index (χ0) is 19.6. The number of carbonyl (C=O) groups excluding carboxylic acids is 1. The Morgan fingerprint density at radius 2 is 1.85 bits per heavy atom. The quantitative estimate of drug-likeness (QED) is 0.440. The fraction of sp³-hybridized carbons (Fsp3) is 0.889. The molecule has 0 aromatic rings. The van der Waals surface area contributed by atoms with Crippen LogP contribution in [0, 0.1) is 0 Å². The van der Waals surface area contributed by atoms with E-state index in [1.54, 1.807) is 0 Å². The zero-order valence-electron chi connectivity index (χ0n) is 15.7. The molecular formula is C18H33NO6S. The summed E-state index contributed by atoms with van der Waals surface area (Å²) in [6.45, 7) is 2.46. The SMILES string of the molecule is CCCCCC(O)CCC1N(CCCCCCC(=O)O)C(=O)CS1(=O)=O. The van der Waals surface area contributed by atoms with Crippen LogP contribution in [0.5, 0.6) is 0 Å². The van der Waals surface area contributed by atoms with Gasteiger partial charge in [-0.1, -0.05) is 39.0 Å². The van der Waals surface area contributed by atoms with Gasteiger partial charge in [-0.05, 0) is 32.1 Å². The fourth-order valence-electron chi connectivity index (χ4n) is 3.33. The topological polar surface area (TPSA) is 112 Å². The zero-order valence-corrected chi connectivity index (χ0v) is 16.5. The van der Waals surface area contributed by atoms with Crippen LogP contribution in [0.15, 0.2) is 0 Å². The predicted octanol–water partition coefficient (Wildman–Crippen LogP) is 2.33. The molecule has 0 spiro atoms. The average Bonchev–Trinajstić information content (AvgIpc) is 2.77. The first-order valence-corrected chi connectivity index (χ1v) is 11.4. The van der Waals surface area contributed by atoms with Crippen LogP contribution in [0.1, 0.15) is 77.6 Å². The van der Waals surface area contributed by atoms with Gasteiger partial charge in [-0.15, -0.1) is 0 Å². The number of unbranched alkanes of at least 4 members (excludes halogenated alkanes) is 5. The summed E-state index contributed by atoms with van der Waals surface area (Å²) in [5.74, 6) is -1.62. The number of hydrogen-bond donors (Lipinski definition) is 2. The van der Waals surface area contributed by atoms with Crippen LogP contribution >= 0.6 is 0 Å². The molecule has 0 radical (unpaired) electrons. The van der Waals surface area contributed by atoms with Crippen LogP contribution in [0.2, 0.25) is 0 Å². The minimum Gasteiger partial charge on any atom is -0.481 e. The van der Waals surface area contributed by atoms with Gasteiger partial charge in [0.25, 0.3) is 0 Å². The van der Waals surface area contributed by atoms with Crippen molar-refractivity contribution in [3.05, 3.63) is 0 Å². The first kappa shape index (κ1) is 22.9. The van der Waals surface area contributed by atoms with Crippen LogP contribution < -0.4 is 0 Å². The number of amides is 1. The van der Waals surface area contributed by atoms with E-state index in [1.807, 2.05) is 0 Å². The summed E-state index contributed by atoms with van der Waals surface area (Å²) in [6.07, 6.45) is 6.75. The normalized spacial score (nSPS) is 20.5. The third kappa shape index (κ3) is 8.03. The standard InChI is InChI=1S/C18H33NO6S/c1-2-3-6-9-15(20)11-12-17-19(16(21)14-26(17,24)25)13-8-5-4-7-10-18(22)23/h15,17,20H,2-14H2,1H3,(H,22,23). The number of aliphatic hydroxyl groups excluding tert-OH is 1. The minimum absolute atomic E-state index is 0.134. The average molecular weight is 392 g/mol. The first-order valence-electron chi connectivity index (χ1n) is 9.68. The summed E-state index contributed by atoms with van der Waals surface area (Å²) >= 11 is 0. The molecule has 0 aromatic carbocycles. The van der Waals surface area contributed by atoms with Gasteiger partial charge in [0.2, 0.25) is 5.91 Å². The van der Waals surface area contributed by atoms with Gasteiger partial charge in [0.1, 0.15) is 11.1 Å². The molecule has 0 saturated carbocycles. The van der Waals surface area contributed by atoms with Crippen molar-refractivity contribution in [3.8, 4) is 0 Å². The van der Waals surface area contributed by atoms with Crippen LogP contribution in [0.4, 0.5) is 0 Å². The molecule has 0 aromatic heterocycles. The maximum Gasteiger partial charge on any atom is 0.303 e. The van der Waals surface area contributed by atoms with Crippen LogP contribution in [0.3, 0.4) is 0 Å². The van der Waals surface area contributed by atoms with Crippen LogP contribution in [0.25, 0.3) is 0 Å². The molecule has 8 heteroatoms. The molecule has 1 aliphatic heterocycles. The number of nitrogens with zero attached hydrogens (tertiary/aromatic N) is 1. The lowest BCUT2D eigenvalue weighted by Crippen LogP contribution is -2.36. The van der Waals surface area contributed by atoms with E-state index in [4.69, 9.17) is 5.11 Å². The largest absolute Gasteiger partial charge is 0.481 e. The molecule has 2 atom stereocenters. The van der Waals surface area contributed by atoms with E-state index >= 15 is 0 Å². The highest BCUT2D eigenvalue weighted by molar-refractivity contribution is 7.93. The molecule has 0 bridgehead atoms. The molecule has 1 saturated heterocycles. The van der Waals surface area contributed by atoms with E-state index in [-0.39, 0.29) is 18.7 Å². The van der Waals surface area contributed by atoms with E-state index in [9.17, 15) is 23.1 Å². The van der Waals surface area contributed by atoms with E-state index in [1.165, 1.54) is 4.90 Å². The Kier molecular flexibility index (Phi) is 10.2. The van der Waals surface area contributed by atoms with E-state index in [0.717, 1.165) is 32.1 Å². The lowest BCUT2D eigenvalue weighted by Gasteiger charge is -2.24. The van der Waals surface area contributed by atoms with Crippen molar-refractivity contribution in [3.63, 3.8) is 0 Å². The monoisotopic (exact) mass is 391 g/mol. The highest BCUT2D eigenvalue weighted by atomic mass is 32.2. The molecule has 1 aliphatic rings. The second-order valence-corrected chi connectivity index (χ2v) is 9.29. The van der Waals surface area contributed by atoms with E-state index in [2.05, 4.69) is 6.92 Å². The Balaban J connectivity index is 2.43. The predicted molar refractivity (Wildman–Crippen MR) is 99.4 cm³/mol. The highest BCUT2D eigenvalue weighted by Crippen LogP contribution is 2.25. The number of sulfone groups is 1. The Morgan fingerprint density at radius 3 is 2.50 bits per heavy atom. The highest BCUT2D eigenvalue weighted by Gasteiger charge is 2.43. The molecule has 26 heavy (non-hydrogen) atoms. The maximum atomic E-state index is 12.3. The maximum absolute atomic E-state index is 12.3. The molecule has 1 amide bonds. The lowest BCUT2D eigenvalue weighted by atomic mass is 10.1. The van der Waals surface area contributed by atoms with Crippen LogP contribution in [-0.2, 0) is 19.4 Å². The third-order valence-electron chi connectivity index (χ3n) is 4.83. The van der Waals surface area contributed by atoms with Gasteiger partial charge in [-0.2, -0.15) is 0 Å². The first-order chi connectivity index (χ1) is 12.3. The van der Waals surface area contributed by atoms with Gasteiger partial charge in [0.05, 0.1) is 6.10 Å². The van der Waals surface area contributed by atoms with E-state index < -0.39 is 33.0 Å². The molecule has 1 fully saturated rings. The minimum atomic E-state index is -3.48. The van der Waals surface area contributed by atoms with Crippen molar-refractivity contribution < 1.29 is 28.2 Å². The number of carbonyl (C=O) groups is 2. The fourth-order valence-corrected chi connectivity index (χ4v) is 5.14. The van der Waals surface area contributed by atoms with Gasteiger partial charge in [-0.3, -0.25) is 9.59 Å². The van der Waals surface area contributed by atoms with Crippen molar-refractivity contribution in [2.75, 3.05) is 12.3 Å². The van der Waals surface area contributed by atoms with Crippen molar-refractivity contribution >= 4 is 21.7 Å². The number of rotatable bonds is 14. The molecule has 2 N–H and O–H groups in total. The van der Waals surface area contributed by atoms with Gasteiger partial charge in [-0.25, -0.2) is 8.42 Å². The summed E-state index contributed by atoms with van der Waals surface area (Å²) in [4.78, 5) is 24.0. The van der Waals surface area contributed by atoms with Crippen molar-refractivity contribution in [2.24, 2.45) is 0 Å². The number of carboxylic acid groups (broad SMARTS) is 1. The summed E-state index contributed by atoms with van der Waals surface area (Å²) in [7, 11) is -3.48. The van der Waals surface area contributed by atoms with Crippen molar-refractivity contribution in [1.29, 1.82) is 0 Å². The second kappa shape index (κ2) is 11.5. The molecule has 1 rings (SSSR count). The van der Waals surface area contributed by atoms with Crippen molar-refractivity contribution in [2.45, 2.75) is 89.0 Å². The summed E-state index contributed by atoms with van der Waals surface area (Å²) in [5.41, 5.74) is 0. The van der Waals surface area contributed by atoms with E-state index in [0.29, 0.717) is 32.2 Å². The van der Waals surface area contributed by atoms with Gasteiger partial charge in [0.15, 0.2) is 9.84 Å². The molecule has 2 unspecified atom stereocenters. The Labute approximate surface area is 156 Å². The number of hydrogen-bond acceptors (Lipinski definition) is 5. The molecule has 152 valence electrons. The second-order valence-electron chi connectivity index (χ2n) is 7.13. The Hall–Kier alpha value is -1.15. The number of carboxylic acids is 1. The Morgan fingerprint density at radius 1 is 1.15 bits per heavy atom. The number of aliphatic hydroxyl groups is 1. The van der Waals surface area contributed by atoms with Gasteiger partial charge in [0, 0.05) is 13.0 Å². The van der Waals surface area contributed by atoms with Gasteiger partial charge >= 0.3 is 5.97 Å². The molecule has 1 heterocycles. The van der Waals surface area contributed by atoms with Gasteiger partial charge < -0.3 is 15.1 Å². The molecule has 0 aliphatic carbocycles. The summed E-state index contributed by atoms with van der Waals surface area (Å²) in [6, 6.07) is 0.